The first kappa shape index (κ1) is 16.2. The highest BCUT2D eigenvalue weighted by molar-refractivity contribution is 7.10. The minimum absolute atomic E-state index is 0.0131. The molecule has 116 valence electrons. The monoisotopic (exact) mass is 315 g/mol. The van der Waals surface area contributed by atoms with Crippen LogP contribution in [0.5, 0.6) is 0 Å². The van der Waals surface area contributed by atoms with Gasteiger partial charge in [0.15, 0.2) is 0 Å². The summed E-state index contributed by atoms with van der Waals surface area (Å²) in [6, 6.07) is 9.13. The van der Waals surface area contributed by atoms with Gasteiger partial charge in [-0.05, 0) is 42.5 Å². The van der Waals surface area contributed by atoms with E-state index in [1.807, 2.05) is 31.4 Å². The average Bonchev–Trinajstić information content (AvgIpc) is 3.06. The van der Waals surface area contributed by atoms with Crippen LogP contribution in [0.15, 0.2) is 35.7 Å². The van der Waals surface area contributed by atoms with Crippen LogP contribution in [-0.2, 0) is 0 Å². The second-order valence-corrected chi connectivity index (χ2v) is 6.06. The lowest BCUT2D eigenvalue weighted by atomic mass is 10.0. The third-order valence-corrected chi connectivity index (χ3v) is 4.58. The van der Waals surface area contributed by atoms with Crippen molar-refractivity contribution >= 4 is 28.6 Å². The molecule has 22 heavy (non-hydrogen) atoms. The fraction of sp³-hybridized carbons (Fsp3) is 0.294. The van der Waals surface area contributed by atoms with Crippen molar-refractivity contribution in [2.24, 2.45) is 0 Å². The molecule has 0 aliphatic heterocycles. The molecule has 1 heterocycles. The number of nitrogens with one attached hydrogen (secondary N) is 2. The van der Waals surface area contributed by atoms with Gasteiger partial charge in [0, 0.05) is 27.4 Å². The van der Waals surface area contributed by atoms with Crippen molar-refractivity contribution in [2.45, 2.75) is 32.7 Å². The van der Waals surface area contributed by atoms with E-state index < -0.39 is 0 Å². The molecular weight excluding hydrogens is 294 g/mol. The molecule has 0 aliphatic rings. The summed E-state index contributed by atoms with van der Waals surface area (Å²) in [4.78, 5) is 13.6. The Kier molecular flexibility index (Phi) is 5.33. The van der Waals surface area contributed by atoms with E-state index in [2.05, 4.69) is 5.32 Å². The minimum atomic E-state index is -0.134. The average molecular weight is 315 g/mol. The number of carbonyl (C=O) groups excluding carboxylic acids is 1. The molecule has 1 amide bonds. The highest BCUT2D eigenvalue weighted by Gasteiger charge is 2.16. The van der Waals surface area contributed by atoms with E-state index in [-0.39, 0.29) is 11.9 Å². The summed E-state index contributed by atoms with van der Waals surface area (Å²) in [5.41, 5.74) is 8.06. The van der Waals surface area contributed by atoms with Crippen LogP contribution in [0.4, 0.5) is 5.69 Å². The molecule has 0 fully saturated rings. The molecule has 2 aromatic rings. The number of rotatable bonds is 6. The maximum Gasteiger partial charge on any atom is 0.251 e. The van der Waals surface area contributed by atoms with Gasteiger partial charge >= 0.3 is 0 Å². The zero-order valence-electron chi connectivity index (χ0n) is 12.8. The standard InChI is InChI=1S/C17H21N3OS/c1-3-13(18)12-10-11(7-8-14(12)19)17(21)20-15(4-2)16-6-5-9-22-16/h5-10,15,18H,3-4,19H2,1-2H3,(H,20,21). The summed E-state index contributed by atoms with van der Waals surface area (Å²) in [5.74, 6) is -0.134. The fourth-order valence-electron chi connectivity index (χ4n) is 2.25. The van der Waals surface area contributed by atoms with Crippen LogP contribution >= 0.6 is 11.3 Å². The summed E-state index contributed by atoms with van der Waals surface area (Å²) in [6.07, 6.45) is 1.42. The Labute approximate surface area is 134 Å². The molecule has 0 bridgehead atoms. The van der Waals surface area contributed by atoms with Crippen molar-refractivity contribution in [3.8, 4) is 0 Å². The summed E-state index contributed by atoms with van der Waals surface area (Å²) >= 11 is 1.64. The van der Waals surface area contributed by atoms with E-state index in [4.69, 9.17) is 11.1 Å². The van der Waals surface area contributed by atoms with Crippen molar-refractivity contribution in [1.29, 1.82) is 5.41 Å². The second-order valence-electron chi connectivity index (χ2n) is 5.08. The number of hydrogen-bond acceptors (Lipinski definition) is 4. The van der Waals surface area contributed by atoms with Gasteiger partial charge in [0.1, 0.15) is 0 Å². The number of hydrogen-bond donors (Lipinski definition) is 3. The second kappa shape index (κ2) is 7.22. The molecule has 0 spiro atoms. The van der Waals surface area contributed by atoms with Crippen LogP contribution in [0.3, 0.4) is 0 Å². The molecule has 5 heteroatoms. The largest absolute Gasteiger partial charge is 0.398 e. The molecule has 4 nitrogen and oxygen atoms in total. The number of anilines is 1. The van der Waals surface area contributed by atoms with Gasteiger partial charge in [0.2, 0.25) is 0 Å². The van der Waals surface area contributed by atoms with E-state index in [0.29, 0.717) is 28.9 Å². The molecule has 2 rings (SSSR count). The maximum atomic E-state index is 12.5. The fourth-order valence-corrected chi connectivity index (χ4v) is 3.12. The molecular formula is C17H21N3OS. The lowest BCUT2D eigenvalue weighted by molar-refractivity contribution is 0.0936. The summed E-state index contributed by atoms with van der Waals surface area (Å²) in [5, 5.41) is 13.0. The van der Waals surface area contributed by atoms with E-state index in [1.54, 1.807) is 29.5 Å². The smallest absolute Gasteiger partial charge is 0.251 e. The molecule has 0 aliphatic carbocycles. The number of amides is 1. The Hall–Kier alpha value is -2.14. The Morgan fingerprint density at radius 3 is 2.73 bits per heavy atom. The topological polar surface area (TPSA) is 79.0 Å². The molecule has 1 aromatic heterocycles. The van der Waals surface area contributed by atoms with Crippen molar-refractivity contribution in [1.82, 2.24) is 5.32 Å². The first-order chi connectivity index (χ1) is 10.6. The number of benzene rings is 1. The molecule has 1 atom stereocenters. The van der Waals surface area contributed by atoms with E-state index in [1.165, 1.54) is 0 Å². The first-order valence-electron chi connectivity index (χ1n) is 7.38. The lowest BCUT2D eigenvalue weighted by Gasteiger charge is -2.16. The van der Waals surface area contributed by atoms with Gasteiger partial charge in [-0.15, -0.1) is 11.3 Å². The highest BCUT2D eigenvalue weighted by atomic mass is 32.1. The van der Waals surface area contributed by atoms with E-state index in [0.717, 1.165) is 11.3 Å². The van der Waals surface area contributed by atoms with Gasteiger partial charge < -0.3 is 16.5 Å². The minimum Gasteiger partial charge on any atom is -0.398 e. The van der Waals surface area contributed by atoms with Crippen LogP contribution in [0.1, 0.15) is 53.5 Å². The van der Waals surface area contributed by atoms with Crippen molar-refractivity contribution in [2.75, 3.05) is 5.73 Å². The molecule has 1 unspecified atom stereocenters. The zero-order chi connectivity index (χ0) is 16.1. The molecule has 1 aromatic carbocycles. The Morgan fingerprint density at radius 1 is 1.36 bits per heavy atom. The van der Waals surface area contributed by atoms with Gasteiger partial charge in [-0.2, -0.15) is 0 Å². The Balaban J connectivity index is 2.20. The van der Waals surface area contributed by atoms with Crippen molar-refractivity contribution in [3.63, 3.8) is 0 Å². The third kappa shape index (κ3) is 3.54. The molecule has 0 radical (unpaired) electrons. The predicted octanol–water partition coefficient (Wildman–Crippen LogP) is 3.99. The quantitative estimate of drug-likeness (QED) is 0.556. The van der Waals surface area contributed by atoms with Crippen LogP contribution in [0.2, 0.25) is 0 Å². The number of nitrogens with two attached hydrogens (primary N) is 1. The van der Waals surface area contributed by atoms with Crippen molar-refractivity contribution in [3.05, 3.63) is 51.7 Å². The van der Waals surface area contributed by atoms with Gasteiger partial charge in [-0.1, -0.05) is 19.9 Å². The summed E-state index contributed by atoms with van der Waals surface area (Å²) in [6.45, 7) is 3.95. The van der Waals surface area contributed by atoms with Gasteiger partial charge in [0.25, 0.3) is 5.91 Å². The van der Waals surface area contributed by atoms with Crippen molar-refractivity contribution < 1.29 is 4.79 Å². The first-order valence-corrected chi connectivity index (χ1v) is 8.26. The van der Waals surface area contributed by atoms with E-state index in [9.17, 15) is 4.79 Å². The Morgan fingerprint density at radius 2 is 2.14 bits per heavy atom. The van der Waals surface area contributed by atoms with Crippen LogP contribution in [0.25, 0.3) is 0 Å². The lowest BCUT2D eigenvalue weighted by Crippen LogP contribution is -2.27. The Bertz CT molecular complexity index is 665. The third-order valence-electron chi connectivity index (χ3n) is 3.59. The molecule has 4 N–H and O–H groups in total. The zero-order valence-corrected chi connectivity index (χ0v) is 13.7. The van der Waals surface area contributed by atoms with Crippen LogP contribution in [0, 0.1) is 5.41 Å². The van der Waals surface area contributed by atoms with Crippen LogP contribution < -0.4 is 11.1 Å². The molecule has 0 saturated carbocycles. The number of thiophene rings is 1. The predicted molar refractivity (Wildman–Crippen MR) is 92.8 cm³/mol. The number of nitrogen functional groups attached to an aromatic ring is 1. The number of carbonyl (C=O) groups is 1. The van der Waals surface area contributed by atoms with Gasteiger partial charge in [-0.25, -0.2) is 0 Å². The summed E-state index contributed by atoms with van der Waals surface area (Å²) < 4.78 is 0. The SMILES string of the molecule is CCC(=N)c1cc(C(=O)NC(CC)c2cccs2)ccc1N. The highest BCUT2D eigenvalue weighted by Crippen LogP contribution is 2.23. The maximum absolute atomic E-state index is 12.5. The van der Waals surface area contributed by atoms with Gasteiger partial charge in [0.05, 0.1) is 6.04 Å². The molecule has 0 saturated heterocycles. The van der Waals surface area contributed by atoms with E-state index >= 15 is 0 Å². The van der Waals surface area contributed by atoms with Crippen LogP contribution in [-0.4, -0.2) is 11.6 Å². The summed E-state index contributed by atoms with van der Waals surface area (Å²) in [7, 11) is 0. The normalized spacial score (nSPS) is 11.9. The van der Waals surface area contributed by atoms with Gasteiger partial charge in [-0.3, -0.25) is 4.79 Å².